The van der Waals surface area contributed by atoms with E-state index in [1.165, 1.54) is 25.2 Å². The number of pyridine rings is 1. The molecule has 22 heavy (non-hydrogen) atoms. The van der Waals surface area contributed by atoms with E-state index >= 15 is 0 Å². The van der Waals surface area contributed by atoms with Crippen LogP contribution in [0.1, 0.15) is 32.0 Å². The number of hydrogen-bond acceptors (Lipinski definition) is 4. The van der Waals surface area contributed by atoms with E-state index in [9.17, 15) is 0 Å². The van der Waals surface area contributed by atoms with Crippen molar-refractivity contribution in [3.8, 4) is 0 Å². The topological polar surface area (TPSA) is 43.2 Å². The summed E-state index contributed by atoms with van der Waals surface area (Å²) in [4.78, 5) is 12.0. The summed E-state index contributed by atoms with van der Waals surface area (Å²) in [7, 11) is 1.75. The Balaban J connectivity index is 1.85. The SMILES string of the molecule is CCN1CCCC1Cc1nc2cccnc2n1CCCOC. The average Bonchev–Trinajstić information content (AvgIpc) is 3.12. The van der Waals surface area contributed by atoms with Gasteiger partial charge in [-0.3, -0.25) is 0 Å². The number of aromatic nitrogens is 3. The second-order valence-electron chi connectivity index (χ2n) is 6.00. The van der Waals surface area contributed by atoms with E-state index in [1.807, 2.05) is 12.3 Å². The minimum atomic E-state index is 0.628. The fraction of sp³-hybridized carbons (Fsp3) is 0.647. The first-order valence-corrected chi connectivity index (χ1v) is 8.36. The van der Waals surface area contributed by atoms with Crippen LogP contribution in [0.2, 0.25) is 0 Å². The highest BCUT2D eigenvalue weighted by molar-refractivity contribution is 5.71. The largest absolute Gasteiger partial charge is 0.385 e. The molecule has 1 saturated heterocycles. The lowest BCUT2D eigenvalue weighted by Gasteiger charge is -2.22. The van der Waals surface area contributed by atoms with Crippen LogP contribution in [0.25, 0.3) is 11.2 Å². The third-order valence-corrected chi connectivity index (χ3v) is 4.64. The first-order valence-electron chi connectivity index (χ1n) is 8.36. The Hall–Kier alpha value is -1.46. The number of nitrogens with zero attached hydrogens (tertiary/aromatic N) is 4. The maximum Gasteiger partial charge on any atom is 0.159 e. The van der Waals surface area contributed by atoms with E-state index in [1.54, 1.807) is 7.11 Å². The molecular formula is C17H26N4O. The minimum absolute atomic E-state index is 0.628. The number of likely N-dealkylation sites (N-methyl/N-ethyl adjacent to an activating group) is 1. The Morgan fingerprint density at radius 1 is 1.41 bits per heavy atom. The Morgan fingerprint density at radius 2 is 2.32 bits per heavy atom. The monoisotopic (exact) mass is 302 g/mol. The minimum Gasteiger partial charge on any atom is -0.385 e. The van der Waals surface area contributed by atoms with E-state index in [0.717, 1.165) is 43.7 Å². The van der Waals surface area contributed by atoms with Gasteiger partial charge in [0.05, 0.1) is 0 Å². The van der Waals surface area contributed by atoms with Gasteiger partial charge in [0.2, 0.25) is 0 Å². The van der Waals surface area contributed by atoms with Gasteiger partial charge in [0, 0.05) is 38.9 Å². The van der Waals surface area contributed by atoms with Gasteiger partial charge in [-0.25, -0.2) is 9.97 Å². The van der Waals surface area contributed by atoms with Gasteiger partial charge in [0.15, 0.2) is 5.65 Å². The molecule has 0 amide bonds. The number of fused-ring (bicyclic) bond motifs is 1. The molecule has 3 heterocycles. The molecule has 0 aromatic carbocycles. The van der Waals surface area contributed by atoms with Crippen LogP contribution in [-0.2, 0) is 17.7 Å². The van der Waals surface area contributed by atoms with Crippen LogP contribution >= 0.6 is 0 Å². The van der Waals surface area contributed by atoms with Gasteiger partial charge >= 0.3 is 0 Å². The fourth-order valence-electron chi connectivity index (χ4n) is 3.52. The lowest BCUT2D eigenvalue weighted by molar-refractivity contribution is 0.190. The number of likely N-dealkylation sites (tertiary alicyclic amines) is 1. The highest BCUT2D eigenvalue weighted by Crippen LogP contribution is 2.22. The van der Waals surface area contributed by atoms with E-state index in [0.29, 0.717) is 6.04 Å². The molecule has 1 aliphatic rings. The van der Waals surface area contributed by atoms with Crippen molar-refractivity contribution in [1.82, 2.24) is 19.4 Å². The van der Waals surface area contributed by atoms with Crippen molar-refractivity contribution in [2.75, 3.05) is 26.8 Å². The quantitative estimate of drug-likeness (QED) is 0.737. The predicted molar refractivity (Wildman–Crippen MR) is 88.0 cm³/mol. The lowest BCUT2D eigenvalue weighted by Crippen LogP contribution is -2.31. The molecule has 2 aromatic heterocycles. The summed E-state index contributed by atoms with van der Waals surface area (Å²) in [6.07, 6.45) is 6.46. The van der Waals surface area contributed by atoms with Crippen molar-refractivity contribution in [1.29, 1.82) is 0 Å². The van der Waals surface area contributed by atoms with Crippen LogP contribution in [0.3, 0.4) is 0 Å². The van der Waals surface area contributed by atoms with Crippen molar-refractivity contribution in [2.45, 2.75) is 45.2 Å². The molecule has 1 fully saturated rings. The van der Waals surface area contributed by atoms with Crippen molar-refractivity contribution >= 4 is 11.2 Å². The predicted octanol–water partition coefficient (Wildman–Crippen LogP) is 2.49. The van der Waals surface area contributed by atoms with Gasteiger partial charge in [-0.05, 0) is 44.5 Å². The van der Waals surface area contributed by atoms with Crippen molar-refractivity contribution in [3.05, 3.63) is 24.2 Å². The number of methoxy groups -OCH3 is 1. The van der Waals surface area contributed by atoms with Crippen LogP contribution in [-0.4, -0.2) is 52.3 Å². The standard InChI is InChI=1S/C17H26N4O/c1-3-20-10-5-7-14(20)13-16-19-15-8-4-9-18-17(15)21(16)11-6-12-22-2/h4,8-9,14H,3,5-7,10-13H2,1-2H3. The lowest BCUT2D eigenvalue weighted by atomic mass is 10.1. The summed E-state index contributed by atoms with van der Waals surface area (Å²) in [6, 6.07) is 4.65. The van der Waals surface area contributed by atoms with E-state index < -0.39 is 0 Å². The summed E-state index contributed by atoms with van der Waals surface area (Å²) in [5, 5.41) is 0. The van der Waals surface area contributed by atoms with Crippen molar-refractivity contribution in [2.24, 2.45) is 0 Å². The highest BCUT2D eigenvalue weighted by atomic mass is 16.5. The highest BCUT2D eigenvalue weighted by Gasteiger charge is 2.25. The van der Waals surface area contributed by atoms with Gasteiger partial charge in [0.1, 0.15) is 11.3 Å². The Kier molecular flexibility index (Phi) is 5.05. The van der Waals surface area contributed by atoms with Gasteiger partial charge in [-0.2, -0.15) is 0 Å². The van der Waals surface area contributed by atoms with Crippen LogP contribution in [0.15, 0.2) is 18.3 Å². The first-order chi connectivity index (χ1) is 10.8. The molecule has 3 rings (SSSR count). The molecular weight excluding hydrogens is 276 g/mol. The number of ether oxygens (including phenoxy) is 1. The zero-order valence-corrected chi connectivity index (χ0v) is 13.7. The summed E-state index contributed by atoms with van der Waals surface area (Å²) in [5.74, 6) is 1.18. The molecule has 5 heteroatoms. The van der Waals surface area contributed by atoms with E-state index in [-0.39, 0.29) is 0 Å². The van der Waals surface area contributed by atoms with E-state index in [4.69, 9.17) is 9.72 Å². The molecule has 0 N–H and O–H groups in total. The van der Waals surface area contributed by atoms with Crippen LogP contribution in [0.5, 0.6) is 0 Å². The molecule has 0 spiro atoms. The van der Waals surface area contributed by atoms with Gasteiger partial charge in [-0.15, -0.1) is 0 Å². The zero-order chi connectivity index (χ0) is 15.4. The number of aryl methyl sites for hydroxylation is 1. The smallest absolute Gasteiger partial charge is 0.159 e. The Morgan fingerprint density at radius 3 is 3.14 bits per heavy atom. The number of imidazole rings is 1. The van der Waals surface area contributed by atoms with Gasteiger partial charge < -0.3 is 14.2 Å². The van der Waals surface area contributed by atoms with Gasteiger partial charge in [-0.1, -0.05) is 6.92 Å². The molecule has 1 aliphatic heterocycles. The van der Waals surface area contributed by atoms with Crippen LogP contribution < -0.4 is 0 Å². The summed E-state index contributed by atoms with van der Waals surface area (Å²) in [5.41, 5.74) is 2.02. The molecule has 2 aromatic rings. The van der Waals surface area contributed by atoms with Gasteiger partial charge in [0.25, 0.3) is 0 Å². The third-order valence-electron chi connectivity index (χ3n) is 4.64. The Labute approximate surface area is 132 Å². The summed E-state index contributed by atoms with van der Waals surface area (Å²) < 4.78 is 7.49. The molecule has 120 valence electrons. The second-order valence-corrected chi connectivity index (χ2v) is 6.00. The number of rotatable bonds is 7. The molecule has 1 unspecified atom stereocenters. The zero-order valence-electron chi connectivity index (χ0n) is 13.7. The maximum atomic E-state index is 5.20. The molecule has 1 atom stereocenters. The normalized spacial score (nSPS) is 19.3. The van der Waals surface area contributed by atoms with Crippen LogP contribution in [0, 0.1) is 0 Å². The third kappa shape index (κ3) is 3.15. The molecule has 0 saturated carbocycles. The van der Waals surface area contributed by atoms with E-state index in [2.05, 4.69) is 27.4 Å². The number of hydrogen-bond donors (Lipinski definition) is 0. The Bertz CT molecular complexity index is 610. The average molecular weight is 302 g/mol. The molecule has 0 aliphatic carbocycles. The molecule has 5 nitrogen and oxygen atoms in total. The first kappa shape index (κ1) is 15.4. The van der Waals surface area contributed by atoms with Crippen molar-refractivity contribution < 1.29 is 4.74 Å². The molecule has 0 radical (unpaired) electrons. The van der Waals surface area contributed by atoms with Crippen molar-refractivity contribution in [3.63, 3.8) is 0 Å². The second kappa shape index (κ2) is 7.20. The summed E-state index contributed by atoms with van der Waals surface area (Å²) >= 11 is 0. The maximum absolute atomic E-state index is 5.20. The summed E-state index contributed by atoms with van der Waals surface area (Å²) in [6.45, 7) is 6.31. The van der Waals surface area contributed by atoms with Crippen LogP contribution in [0.4, 0.5) is 0 Å². The molecule has 0 bridgehead atoms. The fourth-order valence-corrected chi connectivity index (χ4v) is 3.52.